The Balaban J connectivity index is 4.45. The fourth-order valence-corrected chi connectivity index (χ4v) is 2.61. The molecule has 0 aliphatic carbocycles. The molecule has 16 heavy (non-hydrogen) atoms. The van der Waals surface area contributed by atoms with Gasteiger partial charge in [0.25, 0.3) is 10.2 Å². The predicted octanol–water partition coefficient (Wildman–Crippen LogP) is -0.474. The number of hydrogen-bond donors (Lipinski definition) is 2. The number of ether oxygens (including phenoxy) is 1. The standard InChI is InChI=1S/C9H23N3O3S/c1-9(2)11-16(13,14)12(6-4-5-10)7-8-15-3/h9,11H,4-8,10H2,1-3H3. The molecule has 7 heteroatoms. The van der Waals surface area contributed by atoms with Crippen LogP contribution in [0.5, 0.6) is 0 Å². The van der Waals surface area contributed by atoms with E-state index in [9.17, 15) is 8.42 Å². The molecule has 3 N–H and O–H groups in total. The highest BCUT2D eigenvalue weighted by Crippen LogP contribution is 2.00. The Morgan fingerprint density at radius 3 is 2.44 bits per heavy atom. The molecule has 0 saturated carbocycles. The number of nitrogens with one attached hydrogen (secondary N) is 1. The zero-order valence-electron chi connectivity index (χ0n) is 10.3. The summed E-state index contributed by atoms with van der Waals surface area (Å²) < 4.78 is 32.5. The van der Waals surface area contributed by atoms with E-state index in [4.69, 9.17) is 10.5 Å². The SMILES string of the molecule is COCCN(CCCN)S(=O)(=O)NC(C)C. The maximum absolute atomic E-state index is 11.9. The zero-order chi connectivity index (χ0) is 12.6. The van der Waals surface area contributed by atoms with Crippen LogP contribution in [-0.2, 0) is 14.9 Å². The summed E-state index contributed by atoms with van der Waals surface area (Å²) in [5.74, 6) is 0. The summed E-state index contributed by atoms with van der Waals surface area (Å²) in [6.07, 6.45) is 0.642. The van der Waals surface area contributed by atoms with Crippen LogP contribution in [0.25, 0.3) is 0 Å². The minimum absolute atomic E-state index is 0.118. The lowest BCUT2D eigenvalue weighted by Crippen LogP contribution is -2.45. The highest BCUT2D eigenvalue weighted by Gasteiger charge is 2.21. The van der Waals surface area contributed by atoms with Gasteiger partial charge in [-0.25, -0.2) is 0 Å². The Bertz CT molecular complexity index is 259. The molecule has 0 aromatic rings. The fraction of sp³-hybridized carbons (Fsp3) is 1.00. The third-order valence-electron chi connectivity index (χ3n) is 1.88. The van der Waals surface area contributed by atoms with E-state index >= 15 is 0 Å². The molecule has 0 aliphatic rings. The van der Waals surface area contributed by atoms with Gasteiger partial charge in [0.2, 0.25) is 0 Å². The van der Waals surface area contributed by atoms with Gasteiger partial charge in [0.1, 0.15) is 0 Å². The van der Waals surface area contributed by atoms with Gasteiger partial charge in [0, 0.05) is 26.2 Å². The molecular formula is C9H23N3O3S. The first-order valence-corrected chi connectivity index (χ1v) is 6.84. The van der Waals surface area contributed by atoms with Gasteiger partial charge in [0.15, 0.2) is 0 Å². The average molecular weight is 253 g/mol. The van der Waals surface area contributed by atoms with Crippen molar-refractivity contribution in [3.8, 4) is 0 Å². The fourth-order valence-electron chi connectivity index (χ4n) is 1.19. The molecule has 0 fully saturated rings. The summed E-state index contributed by atoms with van der Waals surface area (Å²) in [5, 5.41) is 0. The largest absolute Gasteiger partial charge is 0.383 e. The Morgan fingerprint density at radius 2 is 2.00 bits per heavy atom. The normalized spacial score (nSPS) is 12.6. The van der Waals surface area contributed by atoms with E-state index in [-0.39, 0.29) is 6.04 Å². The number of nitrogens with two attached hydrogens (primary N) is 1. The van der Waals surface area contributed by atoms with Crippen molar-refractivity contribution >= 4 is 10.2 Å². The van der Waals surface area contributed by atoms with Crippen molar-refractivity contribution in [2.45, 2.75) is 26.3 Å². The minimum atomic E-state index is -3.42. The van der Waals surface area contributed by atoms with Crippen LogP contribution in [-0.4, -0.2) is 52.1 Å². The van der Waals surface area contributed by atoms with E-state index in [0.29, 0.717) is 32.7 Å². The summed E-state index contributed by atoms with van der Waals surface area (Å²) >= 11 is 0. The highest BCUT2D eigenvalue weighted by atomic mass is 32.2. The Labute approximate surface area is 98.3 Å². The quantitative estimate of drug-likeness (QED) is 0.581. The number of methoxy groups -OCH3 is 1. The first-order chi connectivity index (χ1) is 7.44. The van der Waals surface area contributed by atoms with Gasteiger partial charge < -0.3 is 10.5 Å². The van der Waals surface area contributed by atoms with Crippen LogP contribution in [0.15, 0.2) is 0 Å². The molecule has 6 nitrogen and oxygen atoms in total. The number of nitrogens with zero attached hydrogens (tertiary/aromatic N) is 1. The van der Waals surface area contributed by atoms with Gasteiger partial charge in [-0.3, -0.25) is 0 Å². The number of rotatable bonds is 9. The Hall–Kier alpha value is -0.210. The van der Waals surface area contributed by atoms with Crippen LogP contribution in [0.3, 0.4) is 0 Å². The zero-order valence-corrected chi connectivity index (χ0v) is 11.1. The van der Waals surface area contributed by atoms with Gasteiger partial charge >= 0.3 is 0 Å². The molecule has 0 spiro atoms. The van der Waals surface area contributed by atoms with E-state index in [1.165, 1.54) is 4.31 Å². The molecule has 0 atom stereocenters. The van der Waals surface area contributed by atoms with Crippen LogP contribution in [0.2, 0.25) is 0 Å². The van der Waals surface area contributed by atoms with E-state index < -0.39 is 10.2 Å². The van der Waals surface area contributed by atoms with Gasteiger partial charge in [0.05, 0.1) is 6.61 Å². The summed E-state index contributed by atoms with van der Waals surface area (Å²) in [5.41, 5.74) is 5.38. The minimum Gasteiger partial charge on any atom is -0.383 e. The van der Waals surface area contributed by atoms with Crippen molar-refractivity contribution in [2.75, 3.05) is 33.4 Å². The van der Waals surface area contributed by atoms with Crippen LogP contribution < -0.4 is 10.5 Å². The summed E-state index contributed by atoms with van der Waals surface area (Å²) in [4.78, 5) is 0. The van der Waals surface area contributed by atoms with Gasteiger partial charge in [-0.2, -0.15) is 17.4 Å². The molecule has 98 valence electrons. The second-order valence-corrected chi connectivity index (χ2v) is 5.51. The first kappa shape index (κ1) is 15.8. The van der Waals surface area contributed by atoms with Crippen LogP contribution in [0.4, 0.5) is 0 Å². The molecule has 0 rings (SSSR count). The molecule has 0 unspecified atom stereocenters. The van der Waals surface area contributed by atoms with Crippen molar-refractivity contribution in [1.82, 2.24) is 9.03 Å². The molecule has 0 saturated heterocycles. The lowest BCUT2D eigenvalue weighted by atomic mass is 10.4. The maximum atomic E-state index is 11.9. The van der Waals surface area contributed by atoms with Crippen molar-refractivity contribution < 1.29 is 13.2 Å². The molecule has 0 bridgehead atoms. The average Bonchev–Trinajstić information content (AvgIpc) is 2.15. The smallest absolute Gasteiger partial charge is 0.279 e. The monoisotopic (exact) mass is 253 g/mol. The van der Waals surface area contributed by atoms with Gasteiger partial charge in [-0.1, -0.05) is 0 Å². The summed E-state index contributed by atoms with van der Waals surface area (Å²) in [6, 6.07) is -0.118. The van der Waals surface area contributed by atoms with Crippen LogP contribution >= 0.6 is 0 Å². The molecule has 0 aromatic heterocycles. The molecule has 0 aliphatic heterocycles. The third kappa shape index (κ3) is 6.39. The van der Waals surface area contributed by atoms with Crippen LogP contribution in [0.1, 0.15) is 20.3 Å². The van der Waals surface area contributed by atoms with E-state index in [1.54, 1.807) is 21.0 Å². The van der Waals surface area contributed by atoms with Gasteiger partial charge in [-0.05, 0) is 26.8 Å². The maximum Gasteiger partial charge on any atom is 0.279 e. The van der Waals surface area contributed by atoms with E-state index in [0.717, 1.165) is 0 Å². The predicted molar refractivity (Wildman–Crippen MR) is 64.3 cm³/mol. The third-order valence-corrected chi connectivity index (χ3v) is 3.70. The summed E-state index contributed by atoms with van der Waals surface area (Å²) in [7, 11) is -1.87. The lowest BCUT2D eigenvalue weighted by Gasteiger charge is -2.23. The molecule has 0 aromatic carbocycles. The van der Waals surface area contributed by atoms with Crippen molar-refractivity contribution in [3.05, 3.63) is 0 Å². The molecular weight excluding hydrogens is 230 g/mol. The Kier molecular flexibility index (Phi) is 7.86. The second kappa shape index (κ2) is 7.97. The van der Waals surface area contributed by atoms with E-state index in [1.807, 2.05) is 0 Å². The highest BCUT2D eigenvalue weighted by molar-refractivity contribution is 7.87. The Morgan fingerprint density at radius 1 is 1.38 bits per heavy atom. The first-order valence-electron chi connectivity index (χ1n) is 5.40. The van der Waals surface area contributed by atoms with E-state index in [2.05, 4.69) is 4.72 Å². The van der Waals surface area contributed by atoms with Crippen molar-refractivity contribution in [3.63, 3.8) is 0 Å². The van der Waals surface area contributed by atoms with Crippen LogP contribution in [0, 0.1) is 0 Å². The molecule has 0 amide bonds. The molecule has 0 radical (unpaired) electrons. The van der Waals surface area contributed by atoms with Crippen molar-refractivity contribution in [1.29, 1.82) is 0 Å². The summed E-state index contributed by atoms with van der Waals surface area (Å²) in [6.45, 7) is 5.19. The lowest BCUT2D eigenvalue weighted by molar-refractivity contribution is 0.178. The topological polar surface area (TPSA) is 84.7 Å². The number of hydrogen-bond acceptors (Lipinski definition) is 4. The molecule has 0 heterocycles. The van der Waals surface area contributed by atoms with Crippen molar-refractivity contribution in [2.24, 2.45) is 5.73 Å². The van der Waals surface area contributed by atoms with Gasteiger partial charge in [-0.15, -0.1) is 0 Å². The second-order valence-electron chi connectivity index (χ2n) is 3.81.